The summed E-state index contributed by atoms with van der Waals surface area (Å²) in [6.07, 6.45) is -0.881. The standard InChI is InChI=1S/C15H12ClN2O7PS2/c16-13-2-1-3-14-12(13)8-15(27-14)28(23,24)17-9-26(21,22)25-11-6-4-10(5-7-11)18(19)20/h1-8,17H,9H2,(H,21,22). The Hall–Kier alpha value is -2.01. The number of nitro benzene ring substituents is 1. The first kappa shape index (κ1) is 20.7. The smallest absolute Gasteiger partial charge is 0.391 e. The second-order valence-corrected chi connectivity index (χ2v) is 10.8. The summed E-state index contributed by atoms with van der Waals surface area (Å²) in [7, 11) is -8.47. The van der Waals surface area contributed by atoms with Crippen molar-refractivity contribution in [1.82, 2.24) is 4.72 Å². The van der Waals surface area contributed by atoms with Crippen LogP contribution in [0.1, 0.15) is 0 Å². The zero-order chi connectivity index (χ0) is 20.5. The van der Waals surface area contributed by atoms with E-state index in [1.54, 1.807) is 18.2 Å². The first-order valence-electron chi connectivity index (χ1n) is 7.51. The van der Waals surface area contributed by atoms with Gasteiger partial charge in [0, 0.05) is 27.2 Å². The fourth-order valence-electron chi connectivity index (χ4n) is 2.20. The third kappa shape index (κ3) is 4.69. The van der Waals surface area contributed by atoms with Gasteiger partial charge in [-0.1, -0.05) is 17.7 Å². The van der Waals surface area contributed by atoms with Crippen molar-refractivity contribution in [3.05, 3.63) is 63.7 Å². The number of rotatable bonds is 7. The molecule has 9 nitrogen and oxygen atoms in total. The maximum Gasteiger partial charge on any atom is 0.391 e. The molecule has 28 heavy (non-hydrogen) atoms. The van der Waals surface area contributed by atoms with Gasteiger partial charge in [-0.05, 0) is 30.3 Å². The number of hydrogen-bond acceptors (Lipinski definition) is 7. The van der Waals surface area contributed by atoms with Crippen LogP contribution >= 0.6 is 30.5 Å². The van der Waals surface area contributed by atoms with Crippen LogP contribution in [-0.2, 0) is 14.6 Å². The number of non-ortho nitro benzene ring substituents is 1. The Bertz CT molecular complexity index is 1190. The Morgan fingerprint density at radius 3 is 2.54 bits per heavy atom. The number of nitrogens with one attached hydrogen (secondary N) is 1. The summed E-state index contributed by atoms with van der Waals surface area (Å²) in [6, 6.07) is 10.9. The molecule has 0 bridgehead atoms. The van der Waals surface area contributed by atoms with Crippen LogP contribution in [0.3, 0.4) is 0 Å². The fourth-order valence-corrected chi connectivity index (χ4v) is 6.45. The maximum atomic E-state index is 12.4. The molecule has 3 aromatic rings. The number of thiophene rings is 1. The zero-order valence-corrected chi connectivity index (χ0v) is 17.1. The van der Waals surface area contributed by atoms with Crippen molar-refractivity contribution in [1.29, 1.82) is 0 Å². The van der Waals surface area contributed by atoms with E-state index in [0.29, 0.717) is 15.1 Å². The van der Waals surface area contributed by atoms with Gasteiger partial charge in [-0.25, -0.2) is 13.0 Å². The predicted octanol–water partition coefficient (Wildman–Crippen LogP) is 3.96. The van der Waals surface area contributed by atoms with Crippen molar-refractivity contribution in [2.24, 2.45) is 0 Å². The minimum atomic E-state index is -4.40. The molecule has 2 N–H and O–H groups in total. The van der Waals surface area contributed by atoms with Crippen molar-refractivity contribution in [2.75, 3.05) is 6.29 Å². The Morgan fingerprint density at radius 2 is 1.93 bits per heavy atom. The molecule has 13 heteroatoms. The Kier molecular flexibility index (Phi) is 5.76. The van der Waals surface area contributed by atoms with E-state index in [2.05, 4.69) is 0 Å². The van der Waals surface area contributed by atoms with Crippen molar-refractivity contribution >= 4 is 56.3 Å². The summed E-state index contributed by atoms with van der Waals surface area (Å²) in [5, 5.41) is 11.6. The lowest BCUT2D eigenvalue weighted by molar-refractivity contribution is -0.384. The fraction of sp³-hybridized carbons (Fsp3) is 0.0667. The summed E-state index contributed by atoms with van der Waals surface area (Å²) in [6.45, 7) is 0. The quantitative estimate of drug-likeness (QED) is 0.308. The zero-order valence-electron chi connectivity index (χ0n) is 13.8. The van der Waals surface area contributed by atoms with Crippen LogP contribution in [0.15, 0.2) is 52.7 Å². The van der Waals surface area contributed by atoms with Gasteiger partial charge in [0.05, 0.1) is 4.92 Å². The average molecular weight is 463 g/mol. The van der Waals surface area contributed by atoms with Crippen LogP contribution in [0.2, 0.25) is 5.02 Å². The second kappa shape index (κ2) is 7.78. The molecule has 0 aliphatic rings. The minimum absolute atomic E-state index is 0.0639. The lowest BCUT2D eigenvalue weighted by Gasteiger charge is -2.13. The second-order valence-electron chi connectivity index (χ2n) is 5.50. The molecule has 0 aliphatic heterocycles. The third-order valence-corrected chi connectivity index (χ3v) is 8.07. The molecule has 0 fully saturated rings. The van der Waals surface area contributed by atoms with E-state index >= 15 is 0 Å². The molecule has 0 spiro atoms. The SMILES string of the molecule is O=[N+]([O-])c1ccc(OP(=O)(O)CNS(=O)(=O)c2cc3c(Cl)cccc3s2)cc1. The highest BCUT2D eigenvalue weighted by Crippen LogP contribution is 2.42. The third-order valence-electron chi connectivity index (χ3n) is 3.50. The van der Waals surface area contributed by atoms with Crippen LogP contribution in [-0.4, -0.2) is 24.5 Å². The average Bonchev–Trinajstić information content (AvgIpc) is 3.07. The summed E-state index contributed by atoms with van der Waals surface area (Å²) in [5.41, 5.74) is -0.218. The van der Waals surface area contributed by atoms with E-state index < -0.39 is 28.8 Å². The van der Waals surface area contributed by atoms with Gasteiger partial charge >= 0.3 is 7.60 Å². The summed E-state index contributed by atoms with van der Waals surface area (Å²) >= 11 is 7.00. The number of sulfonamides is 1. The number of nitro groups is 1. The molecule has 148 valence electrons. The van der Waals surface area contributed by atoms with Crippen molar-refractivity contribution in [2.45, 2.75) is 4.21 Å². The van der Waals surface area contributed by atoms with E-state index in [1.807, 2.05) is 4.72 Å². The minimum Gasteiger partial charge on any atom is -0.424 e. The van der Waals surface area contributed by atoms with E-state index in [0.717, 1.165) is 35.6 Å². The lowest BCUT2D eigenvalue weighted by Crippen LogP contribution is -2.25. The van der Waals surface area contributed by atoms with Crippen molar-refractivity contribution < 1.29 is 27.3 Å². The van der Waals surface area contributed by atoms with Crippen LogP contribution in [0.5, 0.6) is 5.75 Å². The van der Waals surface area contributed by atoms with Crippen molar-refractivity contribution in [3.63, 3.8) is 0 Å². The summed E-state index contributed by atoms with van der Waals surface area (Å²) in [4.78, 5) is 19.9. The maximum absolute atomic E-state index is 12.4. The number of benzene rings is 2. The molecule has 3 rings (SSSR count). The molecule has 1 aromatic heterocycles. The van der Waals surface area contributed by atoms with E-state index in [-0.39, 0.29) is 15.6 Å². The van der Waals surface area contributed by atoms with Crippen LogP contribution in [0, 0.1) is 10.1 Å². The Morgan fingerprint density at radius 1 is 1.25 bits per heavy atom. The number of nitrogens with zero attached hydrogens (tertiary/aromatic N) is 1. The Labute approximate surface area is 168 Å². The molecule has 0 aliphatic carbocycles. The normalized spacial score (nSPS) is 13.9. The van der Waals surface area contributed by atoms with Crippen LogP contribution in [0.25, 0.3) is 10.1 Å². The van der Waals surface area contributed by atoms with Gasteiger partial charge in [0.25, 0.3) is 15.7 Å². The first-order valence-corrected chi connectivity index (χ1v) is 11.9. The van der Waals surface area contributed by atoms with Gasteiger partial charge < -0.3 is 9.42 Å². The molecule has 2 aromatic carbocycles. The molecule has 0 saturated carbocycles. The molecule has 0 amide bonds. The highest BCUT2D eigenvalue weighted by molar-refractivity contribution is 7.92. The van der Waals surface area contributed by atoms with Gasteiger partial charge in [-0.3, -0.25) is 10.1 Å². The summed E-state index contributed by atoms with van der Waals surface area (Å²) in [5.74, 6) is -0.107. The largest absolute Gasteiger partial charge is 0.424 e. The van der Waals surface area contributed by atoms with E-state index in [4.69, 9.17) is 16.1 Å². The van der Waals surface area contributed by atoms with Gasteiger partial charge in [0.2, 0.25) is 0 Å². The van der Waals surface area contributed by atoms with Gasteiger partial charge in [0.15, 0.2) is 0 Å². The van der Waals surface area contributed by atoms with Crippen LogP contribution in [0.4, 0.5) is 5.69 Å². The highest BCUT2D eigenvalue weighted by Gasteiger charge is 2.27. The van der Waals surface area contributed by atoms with E-state index in [9.17, 15) is 28.0 Å². The summed E-state index contributed by atoms with van der Waals surface area (Å²) < 4.78 is 44.5. The van der Waals surface area contributed by atoms with Crippen LogP contribution < -0.4 is 9.25 Å². The topological polar surface area (TPSA) is 136 Å². The molecule has 1 heterocycles. The highest BCUT2D eigenvalue weighted by atomic mass is 35.5. The van der Waals surface area contributed by atoms with E-state index in [1.165, 1.54) is 6.07 Å². The van der Waals surface area contributed by atoms with Gasteiger partial charge in [0.1, 0.15) is 16.2 Å². The Balaban J connectivity index is 1.72. The number of halogens is 1. The van der Waals surface area contributed by atoms with Gasteiger partial charge in [-0.15, -0.1) is 11.3 Å². The lowest BCUT2D eigenvalue weighted by atomic mass is 10.3. The van der Waals surface area contributed by atoms with Gasteiger partial charge in [-0.2, -0.15) is 4.72 Å². The molecular weight excluding hydrogens is 451 g/mol. The molecule has 0 radical (unpaired) electrons. The number of fused-ring (bicyclic) bond motifs is 1. The van der Waals surface area contributed by atoms with Crippen molar-refractivity contribution in [3.8, 4) is 5.75 Å². The molecule has 0 saturated heterocycles. The predicted molar refractivity (Wildman–Crippen MR) is 106 cm³/mol. The molecule has 1 atom stereocenters. The molecule has 1 unspecified atom stereocenters. The molecular formula is C15H12ClN2O7PS2. The number of hydrogen-bond donors (Lipinski definition) is 2. The first-order chi connectivity index (χ1) is 13.1. The monoisotopic (exact) mass is 462 g/mol.